The van der Waals surface area contributed by atoms with Crippen LogP contribution in [-0.2, 0) is 11.0 Å². The summed E-state index contributed by atoms with van der Waals surface area (Å²) in [6.45, 7) is 10.6. The van der Waals surface area contributed by atoms with Gasteiger partial charge in [0.2, 0.25) is 0 Å². The number of Topliss-reactive ketones (excluding diaryl/α,β-unsaturated/α-hetero) is 1. The van der Waals surface area contributed by atoms with Gasteiger partial charge in [-0.05, 0) is 51.7 Å². The second kappa shape index (κ2) is 9.80. The number of aryl methyl sites for hydroxylation is 1. The molecule has 2 aromatic carbocycles. The number of nitrogens with one attached hydrogen (secondary N) is 1. The van der Waals surface area contributed by atoms with Crippen LogP contribution in [0.3, 0.4) is 0 Å². The zero-order valence-electron chi connectivity index (χ0n) is 21.4. The van der Waals surface area contributed by atoms with Gasteiger partial charge in [-0.15, -0.1) is 0 Å². The molecule has 0 spiro atoms. The number of hydrogen-bond acceptors (Lipinski definition) is 3. The van der Waals surface area contributed by atoms with Crippen molar-refractivity contribution in [3.05, 3.63) is 95.0 Å². The number of fused-ring (bicyclic) bond motifs is 1. The minimum Gasteiger partial charge on any atom is -0.363 e. The molecule has 0 aliphatic carbocycles. The molecule has 1 aliphatic rings. The monoisotopic (exact) mass is 473 g/mol. The summed E-state index contributed by atoms with van der Waals surface area (Å²) in [5.41, 5.74) is 3.23. The van der Waals surface area contributed by atoms with Gasteiger partial charge in [0.15, 0.2) is 5.78 Å². The highest BCUT2D eigenvalue weighted by molar-refractivity contribution is 6.01. The Morgan fingerprint density at radius 2 is 1.86 bits per heavy atom. The SMILES string of the molecule is CCC(/C=C/CC(=O)c1cnn2c1NC(c1ccccc1F)CC2(C)C)(CC)c1ccc(C)cc1. The third-order valence-electron chi connectivity index (χ3n) is 7.57. The van der Waals surface area contributed by atoms with Crippen LogP contribution in [-0.4, -0.2) is 15.6 Å². The smallest absolute Gasteiger partial charge is 0.171 e. The molecular formula is C30H36FN3O. The van der Waals surface area contributed by atoms with Gasteiger partial charge in [-0.25, -0.2) is 9.07 Å². The van der Waals surface area contributed by atoms with Crippen molar-refractivity contribution in [3.63, 3.8) is 0 Å². The lowest BCUT2D eigenvalue weighted by Crippen LogP contribution is -2.38. The quantitative estimate of drug-likeness (QED) is 0.272. The predicted octanol–water partition coefficient (Wildman–Crippen LogP) is 7.51. The molecule has 184 valence electrons. The van der Waals surface area contributed by atoms with E-state index in [1.807, 2.05) is 16.8 Å². The van der Waals surface area contributed by atoms with Gasteiger partial charge in [0.05, 0.1) is 23.3 Å². The summed E-state index contributed by atoms with van der Waals surface area (Å²) in [5.74, 6) is 0.435. The van der Waals surface area contributed by atoms with Crippen LogP contribution in [0.5, 0.6) is 0 Å². The number of nitrogens with zero attached hydrogens (tertiary/aromatic N) is 2. The third-order valence-corrected chi connectivity index (χ3v) is 7.57. The van der Waals surface area contributed by atoms with Crippen LogP contribution >= 0.6 is 0 Å². The third kappa shape index (κ3) is 4.82. The summed E-state index contributed by atoms with van der Waals surface area (Å²) >= 11 is 0. The molecule has 4 nitrogen and oxygen atoms in total. The van der Waals surface area contributed by atoms with Crippen molar-refractivity contribution < 1.29 is 9.18 Å². The molecule has 1 aromatic heterocycles. The fourth-order valence-corrected chi connectivity index (χ4v) is 5.27. The summed E-state index contributed by atoms with van der Waals surface area (Å²) in [5, 5.41) is 7.96. The minimum absolute atomic E-state index is 0.00463. The zero-order chi connectivity index (χ0) is 25.2. The van der Waals surface area contributed by atoms with Crippen LogP contribution in [0.25, 0.3) is 0 Å². The van der Waals surface area contributed by atoms with Gasteiger partial charge in [-0.1, -0.05) is 74.0 Å². The molecule has 5 heteroatoms. The maximum Gasteiger partial charge on any atom is 0.171 e. The zero-order valence-corrected chi connectivity index (χ0v) is 21.4. The summed E-state index contributed by atoms with van der Waals surface area (Å²) in [7, 11) is 0. The maximum absolute atomic E-state index is 14.6. The summed E-state index contributed by atoms with van der Waals surface area (Å²) in [6, 6.07) is 15.3. The van der Waals surface area contributed by atoms with E-state index >= 15 is 0 Å². The van der Waals surface area contributed by atoms with Gasteiger partial charge in [0.25, 0.3) is 0 Å². The average Bonchev–Trinajstić information content (AvgIpc) is 3.28. The Bertz CT molecular complexity index is 1220. The minimum atomic E-state index is -0.354. The van der Waals surface area contributed by atoms with Gasteiger partial charge < -0.3 is 5.32 Å². The summed E-state index contributed by atoms with van der Waals surface area (Å²) in [4.78, 5) is 13.3. The highest BCUT2D eigenvalue weighted by Crippen LogP contribution is 2.41. The molecule has 1 atom stereocenters. The molecule has 4 rings (SSSR count). The number of rotatable bonds is 8. The number of hydrogen-bond donors (Lipinski definition) is 1. The fourth-order valence-electron chi connectivity index (χ4n) is 5.27. The van der Waals surface area contributed by atoms with Crippen molar-refractivity contribution in [2.75, 3.05) is 5.32 Å². The predicted molar refractivity (Wildman–Crippen MR) is 140 cm³/mol. The molecule has 0 bridgehead atoms. The van der Waals surface area contributed by atoms with E-state index in [1.165, 1.54) is 17.2 Å². The van der Waals surface area contributed by atoms with Gasteiger partial charge >= 0.3 is 0 Å². The van der Waals surface area contributed by atoms with Crippen LogP contribution in [0, 0.1) is 12.7 Å². The number of carbonyl (C=O) groups excluding carboxylic acids is 1. The van der Waals surface area contributed by atoms with E-state index in [9.17, 15) is 9.18 Å². The van der Waals surface area contributed by atoms with Crippen molar-refractivity contribution in [2.45, 2.75) is 77.3 Å². The lowest BCUT2D eigenvalue weighted by molar-refractivity contribution is 0.0996. The molecule has 2 heterocycles. The molecule has 0 amide bonds. The topological polar surface area (TPSA) is 46.9 Å². The van der Waals surface area contributed by atoms with Crippen LogP contribution in [0.4, 0.5) is 10.2 Å². The fraction of sp³-hybridized carbons (Fsp3) is 0.400. The molecular weight excluding hydrogens is 437 g/mol. The van der Waals surface area contributed by atoms with Crippen molar-refractivity contribution in [3.8, 4) is 0 Å². The van der Waals surface area contributed by atoms with E-state index < -0.39 is 0 Å². The maximum atomic E-state index is 14.6. The molecule has 0 saturated heterocycles. The molecule has 0 radical (unpaired) electrons. The van der Waals surface area contributed by atoms with Crippen LogP contribution in [0.2, 0.25) is 0 Å². The largest absolute Gasteiger partial charge is 0.363 e. The molecule has 0 saturated carbocycles. The molecule has 1 unspecified atom stereocenters. The van der Waals surface area contributed by atoms with Gasteiger partial charge in [-0.2, -0.15) is 5.10 Å². The number of allylic oxidation sites excluding steroid dienone is 2. The standard InChI is InChI=1S/C30H36FN3O/c1-6-30(7-2,22-16-14-21(3)15-17-22)18-10-13-27(35)24-20-32-34-28(24)33-26(19-29(34,4)5)23-11-8-9-12-25(23)31/h8-12,14-18,20,26,33H,6-7,13,19H2,1-5H3/b18-10+. The highest BCUT2D eigenvalue weighted by Gasteiger charge is 2.37. The van der Waals surface area contributed by atoms with Crippen LogP contribution in [0.15, 0.2) is 66.9 Å². The normalized spacial score (nSPS) is 17.3. The number of benzene rings is 2. The van der Waals surface area contributed by atoms with Crippen LogP contribution in [0.1, 0.15) is 86.5 Å². The lowest BCUT2D eigenvalue weighted by Gasteiger charge is -2.38. The van der Waals surface area contributed by atoms with E-state index in [0.717, 1.165) is 12.8 Å². The van der Waals surface area contributed by atoms with Crippen molar-refractivity contribution in [2.24, 2.45) is 0 Å². The second-order valence-corrected chi connectivity index (χ2v) is 10.3. The number of anilines is 1. The summed E-state index contributed by atoms with van der Waals surface area (Å²) in [6.07, 6.45) is 8.73. The molecule has 0 fully saturated rings. The first-order valence-corrected chi connectivity index (χ1v) is 12.6. The first kappa shape index (κ1) is 24.9. The number of ketones is 1. The van der Waals surface area contributed by atoms with E-state index in [0.29, 0.717) is 29.8 Å². The first-order chi connectivity index (χ1) is 16.7. The first-order valence-electron chi connectivity index (χ1n) is 12.6. The van der Waals surface area contributed by atoms with Crippen molar-refractivity contribution in [1.29, 1.82) is 0 Å². The van der Waals surface area contributed by atoms with Crippen molar-refractivity contribution in [1.82, 2.24) is 9.78 Å². The Hall–Kier alpha value is -3.21. The van der Waals surface area contributed by atoms with Gasteiger partial charge in [0, 0.05) is 17.4 Å². The Balaban J connectivity index is 1.58. The number of carbonyl (C=O) groups is 1. The molecule has 1 N–H and O–H groups in total. The highest BCUT2D eigenvalue weighted by atomic mass is 19.1. The van der Waals surface area contributed by atoms with Crippen LogP contribution < -0.4 is 5.32 Å². The van der Waals surface area contributed by atoms with E-state index in [2.05, 4.69) is 75.4 Å². The Kier molecular flexibility index (Phi) is 6.98. The Morgan fingerprint density at radius 1 is 1.17 bits per heavy atom. The molecule has 1 aliphatic heterocycles. The van der Waals surface area contributed by atoms with Gasteiger partial charge in [0.1, 0.15) is 11.6 Å². The van der Waals surface area contributed by atoms with E-state index in [1.54, 1.807) is 18.3 Å². The summed E-state index contributed by atoms with van der Waals surface area (Å²) < 4.78 is 16.4. The lowest BCUT2D eigenvalue weighted by atomic mass is 9.75. The average molecular weight is 474 g/mol. The number of halogens is 1. The molecule has 35 heavy (non-hydrogen) atoms. The van der Waals surface area contributed by atoms with Crippen molar-refractivity contribution >= 4 is 11.6 Å². The Morgan fingerprint density at radius 3 is 2.51 bits per heavy atom. The Labute approximate surface area is 208 Å². The van der Waals surface area contributed by atoms with E-state index in [-0.39, 0.29) is 28.6 Å². The van der Waals surface area contributed by atoms with Gasteiger partial charge in [-0.3, -0.25) is 4.79 Å². The molecule has 3 aromatic rings. The number of aromatic nitrogens is 2. The second-order valence-electron chi connectivity index (χ2n) is 10.3. The van der Waals surface area contributed by atoms with E-state index in [4.69, 9.17) is 0 Å².